The number of nitrogens with zero attached hydrogens (tertiary/aromatic N) is 2. The van der Waals surface area contributed by atoms with Crippen LogP contribution in [0.3, 0.4) is 0 Å². The summed E-state index contributed by atoms with van der Waals surface area (Å²) in [7, 11) is 0. The standard InChI is InChI=1S/C15H12F3N3/c1-10(11-3-2-6-20-9-11)21-14-5-4-13(15(16,17)18)7-12(14)8-19/h2-7,9-10,21H,1H3. The largest absolute Gasteiger partial charge is 0.416 e. The molecule has 0 bridgehead atoms. The van der Waals surface area contributed by atoms with Crippen LogP contribution in [0, 0.1) is 11.3 Å². The first-order valence-corrected chi connectivity index (χ1v) is 6.19. The van der Waals surface area contributed by atoms with Crippen LogP contribution < -0.4 is 5.32 Å². The summed E-state index contributed by atoms with van der Waals surface area (Å²) in [4.78, 5) is 3.98. The lowest BCUT2D eigenvalue weighted by Gasteiger charge is -2.17. The summed E-state index contributed by atoms with van der Waals surface area (Å²) in [6.07, 6.45) is -1.16. The van der Waals surface area contributed by atoms with Crippen LogP contribution in [0.4, 0.5) is 18.9 Å². The van der Waals surface area contributed by atoms with E-state index in [1.54, 1.807) is 24.5 Å². The Kier molecular flexibility index (Phi) is 4.13. The normalized spacial score (nSPS) is 12.5. The number of alkyl halides is 3. The Bertz CT molecular complexity index is 660. The van der Waals surface area contributed by atoms with E-state index in [1.807, 2.05) is 13.0 Å². The number of benzene rings is 1. The van der Waals surface area contributed by atoms with Crippen LogP contribution in [-0.4, -0.2) is 4.98 Å². The van der Waals surface area contributed by atoms with Gasteiger partial charge in [-0.15, -0.1) is 0 Å². The zero-order chi connectivity index (χ0) is 15.5. The maximum atomic E-state index is 12.6. The van der Waals surface area contributed by atoms with Crippen molar-refractivity contribution >= 4 is 5.69 Å². The summed E-state index contributed by atoms with van der Waals surface area (Å²) in [6, 6.07) is 8.30. The Labute approximate surface area is 120 Å². The van der Waals surface area contributed by atoms with E-state index in [0.717, 1.165) is 17.7 Å². The topological polar surface area (TPSA) is 48.7 Å². The smallest absolute Gasteiger partial charge is 0.377 e. The van der Waals surface area contributed by atoms with Gasteiger partial charge in [0.25, 0.3) is 0 Å². The lowest BCUT2D eigenvalue weighted by Crippen LogP contribution is -2.10. The SMILES string of the molecule is CC(Nc1ccc(C(F)(F)F)cc1C#N)c1cccnc1. The highest BCUT2D eigenvalue weighted by Gasteiger charge is 2.31. The highest BCUT2D eigenvalue weighted by atomic mass is 19.4. The van der Waals surface area contributed by atoms with E-state index >= 15 is 0 Å². The molecule has 0 saturated carbocycles. The second-order valence-electron chi connectivity index (χ2n) is 4.52. The second-order valence-corrected chi connectivity index (χ2v) is 4.52. The third-order valence-corrected chi connectivity index (χ3v) is 3.02. The van der Waals surface area contributed by atoms with E-state index in [0.29, 0.717) is 5.69 Å². The van der Waals surface area contributed by atoms with Crippen molar-refractivity contribution in [3.63, 3.8) is 0 Å². The summed E-state index contributed by atoms with van der Waals surface area (Å²) in [5, 5.41) is 12.0. The van der Waals surface area contributed by atoms with Crippen LogP contribution in [0.5, 0.6) is 0 Å². The van der Waals surface area contributed by atoms with Gasteiger partial charge in [-0.2, -0.15) is 18.4 Å². The highest BCUT2D eigenvalue weighted by Crippen LogP contribution is 2.32. The van der Waals surface area contributed by atoms with Crippen LogP contribution in [-0.2, 0) is 6.18 Å². The van der Waals surface area contributed by atoms with Crippen molar-refractivity contribution < 1.29 is 13.2 Å². The van der Waals surface area contributed by atoms with Crippen LogP contribution >= 0.6 is 0 Å². The van der Waals surface area contributed by atoms with E-state index in [9.17, 15) is 13.2 Å². The minimum atomic E-state index is -4.46. The highest BCUT2D eigenvalue weighted by molar-refractivity contribution is 5.59. The fourth-order valence-electron chi connectivity index (χ4n) is 1.89. The molecule has 0 saturated heterocycles. The molecule has 0 radical (unpaired) electrons. The van der Waals surface area contributed by atoms with E-state index in [1.165, 1.54) is 6.07 Å². The van der Waals surface area contributed by atoms with Gasteiger partial charge >= 0.3 is 6.18 Å². The Morgan fingerprint density at radius 2 is 2.05 bits per heavy atom. The number of aromatic nitrogens is 1. The predicted octanol–water partition coefficient (Wildman–Crippen LogP) is 4.15. The molecular formula is C15H12F3N3. The number of halogens is 3. The molecule has 0 spiro atoms. The molecule has 1 aromatic carbocycles. The zero-order valence-corrected chi connectivity index (χ0v) is 11.1. The third-order valence-electron chi connectivity index (χ3n) is 3.02. The van der Waals surface area contributed by atoms with Crippen molar-refractivity contribution in [2.45, 2.75) is 19.1 Å². The Morgan fingerprint density at radius 3 is 2.62 bits per heavy atom. The molecule has 0 aliphatic carbocycles. The van der Waals surface area contributed by atoms with E-state index in [-0.39, 0.29) is 11.6 Å². The molecule has 0 aliphatic rings. The maximum Gasteiger partial charge on any atom is 0.416 e. The van der Waals surface area contributed by atoms with Gasteiger partial charge in [0.15, 0.2) is 0 Å². The Hall–Kier alpha value is -2.55. The number of nitrogens with one attached hydrogen (secondary N) is 1. The maximum absolute atomic E-state index is 12.6. The summed E-state index contributed by atoms with van der Waals surface area (Å²) in [5.74, 6) is 0. The molecule has 1 atom stereocenters. The molecule has 108 valence electrons. The van der Waals surface area contributed by atoms with Crippen molar-refractivity contribution in [2.24, 2.45) is 0 Å². The number of hydrogen-bond acceptors (Lipinski definition) is 3. The first kappa shape index (κ1) is 14.9. The van der Waals surface area contributed by atoms with Gasteiger partial charge < -0.3 is 5.32 Å². The van der Waals surface area contributed by atoms with Crippen LogP contribution in [0.25, 0.3) is 0 Å². The first-order chi connectivity index (χ1) is 9.91. The van der Waals surface area contributed by atoms with Gasteiger partial charge in [0, 0.05) is 12.4 Å². The van der Waals surface area contributed by atoms with E-state index in [2.05, 4.69) is 10.3 Å². The number of pyridine rings is 1. The van der Waals surface area contributed by atoms with Crippen molar-refractivity contribution in [3.05, 3.63) is 59.4 Å². The van der Waals surface area contributed by atoms with Crippen molar-refractivity contribution in [1.82, 2.24) is 4.98 Å². The average molecular weight is 291 g/mol. The monoisotopic (exact) mass is 291 g/mol. The molecule has 1 aromatic heterocycles. The Morgan fingerprint density at radius 1 is 1.29 bits per heavy atom. The molecule has 0 aliphatic heterocycles. The molecule has 3 nitrogen and oxygen atoms in total. The molecule has 2 rings (SSSR count). The molecule has 0 fully saturated rings. The summed E-state index contributed by atoms with van der Waals surface area (Å²) < 4.78 is 37.9. The fraction of sp³-hybridized carbons (Fsp3) is 0.200. The van der Waals surface area contributed by atoms with Crippen LogP contribution in [0.15, 0.2) is 42.7 Å². The molecule has 1 heterocycles. The van der Waals surface area contributed by atoms with Gasteiger partial charge in [0.1, 0.15) is 6.07 Å². The van der Waals surface area contributed by atoms with Gasteiger partial charge in [0.05, 0.1) is 22.9 Å². The number of hydrogen-bond donors (Lipinski definition) is 1. The first-order valence-electron chi connectivity index (χ1n) is 6.19. The third kappa shape index (κ3) is 3.51. The van der Waals surface area contributed by atoms with Crippen LogP contribution in [0.1, 0.15) is 29.7 Å². The quantitative estimate of drug-likeness (QED) is 0.924. The molecule has 1 N–H and O–H groups in total. The average Bonchev–Trinajstić information content (AvgIpc) is 2.47. The van der Waals surface area contributed by atoms with Gasteiger partial charge in [-0.1, -0.05) is 6.07 Å². The van der Waals surface area contributed by atoms with Crippen molar-refractivity contribution in [2.75, 3.05) is 5.32 Å². The number of nitriles is 1. The molecule has 1 unspecified atom stereocenters. The molecular weight excluding hydrogens is 279 g/mol. The van der Waals surface area contributed by atoms with Gasteiger partial charge in [-0.05, 0) is 36.8 Å². The fourth-order valence-corrected chi connectivity index (χ4v) is 1.89. The minimum Gasteiger partial charge on any atom is -0.377 e. The molecule has 2 aromatic rings. The second kappa shape index (κ2) is 5.83. The van der Waals surface area contributed by atoms with Gasteiger partial charge in [-0.3, -0.25) is 4.98 Å². The van der Waals surface area contributed by atoms with Crippen molar-refractivity contribution in [1.29, 1.82) is 5.26 Å². The molecule has 6 heteroatoms. The lowest BCUT2D eigenvalue weighted by atomic mass is 10.1. The number of rotatable bonds is 3. The number of anilines is 1. The minimum absolute atomic E-state index is 0.0411. The van der Waals surface area contributed by atoms with Crippen molar-refractivity contribution in [3.8, 4) is 6.07 Å². The zero-order valence-electron chi connectivity index (χ0n) is 11.1. The predicted molar refractivity (Wildman–Crippen MR) is 72.4 cm³/mol. The summed E-state index contributed by atoms with van der Waals surface area (Å²) >= 11 is 0. The molecule has 0 amide bonds. The van der Waals surface area contributed by atoms with E-state index in [4.69, 9.17) is 5.26 Å². The Balaban J connectivity index is 2.27. The van der Waals surface area contributed by atoms with Gasteiger partial charge in [0.2, 0.25) is 0 Å². The van der Waals surface area contributed by atoms with Gasteiger partial charge in [-0.25, -0.2) is 0 Å². The summed E-state index contributed by atoms with van der Waals surface area (Å²) in [6.45, 7) is 1.84. The van der Waals surface area contributed by atoms with E-state index < -0.39 is 11.7 Å². The molecule has 21 heavy (non-hydrogen) atoms. The summed E-state index contributed by atoms with van der Waals surface area (Å²) in [5.41, 5.74) is 0.363. The van der Waals surface area contributed by atoms with Crippen LogP contribution in [0.2, 0.25) is 0 Å². The lowest BCUT2D eigenvalue weighted by molar-refractivity contribution is -0.137.